The summed E-state index contributed by atoms with van der Waals surface area (Å²) in [4.78, 5) is 25.0. The van der Waals surface area contributed by atoms with Gasteiger partial charge in [0.1, 0.15) is 5.82 Å². The Morgan fingerprint density at radius 3 is 2.85 bits per heavy atom. The van der Waals surface area contributed by atoms with Gasteiger partial charge in [0, 0.05) is 12.7 Å². The minimum absolute atomic E-state index is 0.103. The molecule has 0 aromatic heterocycles. The van der Waals surface area contributed by atoms with E-state index in [1.807, 2.05) is 0 Å². The van der Waals surface area contributed by atoms with Gasteiger partial charge in [-0.3, -0.25) is 14.5 Å². The van der Waals surface area contributed by atoms with E-state index in [0.29, 0.717) is 0 Å². The van der Waals surface area contributed by atoms with E-state index in [0.717, 1.165) is 16.7 Å². The highest BCUT2D eigenvalue weighted by atomic mass is 35.5. The lowest BCUT2D eigenvalue weighted by Gasteiger charge is -2.10. The maximum absolute atomic E-state index is 13.7. The number of nitrogens with zero attached hydrogens (tertiary/aromatic N) is 1. The van der Waals surface area contributed by atoms with E-state index in [2.05, 4.69) is 0 Å². The zero-order chi connectivity index (χ0) is 14.7. The predicted octanol–water partition coefficient (Wildman–Crippen LogP) is 3.16. The van der Waals surface area contributed by atoms with Crippen LogP contribution < -0.4 is 0 Å². The van der Waals surface area contributed by atoms with Crippen molar-refractivity contribution in [1.82, 2.24) is 4.90 Å². The van der Waals surface area contributed by atoms with Crippen LogP contribution >= 0.6 is 23.4 Å². The summed E-state index contributed by atoms with van der Waals surface area (Å²) >= 11 is 6.65. The number of amides is 2. The molecule has 7 heteroatoms. The summed E-state index contributed by atoms with van der Waals surface area (Å²) in [6.07, 6.45) is 1.30. The molecule has 2 amide bonds. The zero-order valence-electron chi connectivity index (χ0n) is 10.6. The number of methoxy groups -OCH3 is 1. The van der Waals surface area contributed by atoms with Crippen LogP contribution in [-0.2, 0) is 9.53 Å². The Labute approximate surface area is 124 Å². The van der Waals surface area contributed by atoms with E-state index >= 15 is 0 Å². The second kappa shape index (κ2) is 6.39. The molecule has 106 valence electrons. The fourth-order valence-corrected chi connectivity index (χ4v) is 2.72. The lowest BCUT2D eigenvalue weighted by molar-refractivity contribution is -0.123. The fraction of sp³-hybridized carbons (Fsp3) is 0.231. The van der Waals surface area contributed by atoms with Crippen LogP contribution in [0.25, 0.3) is 6.08 Å². The molecule has 1 heterocycles. The SMILES string of the molecule is COCCN1C(=O)S/C(=C/c2c(F)cccc2Cl)C1=O. The molecule has 0 saturated carbocycles. The van der Waals surface area contributed by atoms with Crippen LogP contribution in [0.15, 0.2) is 23.1 Å². The molecule has 1 aliphatic heterocycles. The Bertz CT molecular complexity index is 571. The monoisotopic (exact) mass is 315 g/mol. The highest BCUT2D eigenvalue weighted by molar-refractivity contribution is 8.18. The number of hydrogen-bond donors (Lipinski definition) is 0. The second-order valence-corrected chi connectivity index (χ2v) is 5.36. The van der Waals surface area contributed by atoms with Crippen molar-refractivity contribution in [2.75, 3.05) is 20.3 Å². The molecule has 0 aliphatic carbocycles. The molecular formula is C13H11ClFNO3S. The van der Waals surface area contributed by atoms with Gasteiger partial charge in [-0.25, -0.2) is 4.39 Å². The van der Waals surface area contributed by atoms with Gasteiger partial charge in [0.25, 0.3) is 11.1 Å². The topological polar surface area (TPSA) is 46.6 Å². The Morgan fingerprint density at radius 2 is 2.20 bits per heavy atom. The first-order valence-electron chi connectivity index (χ1n) is 5.73. The quantitative estimate of drug-likeness (QED) is 0.801. The largest absolute Gasteiger partial charge is 0.383 e. The molecule has 2 rings (SSSR count). The molecule has 4 nitrogen and oxygen atoms in total. The third-order valence-corrected chi connectivity index (χ3v) is 3.90. The minimum atomic E-state index is -0.541. The van der Waals surface area contributed by atoms with Crippen molar-refractivity contribution >= 4 is 40.6 Å². The van der Waals surface area contributed by atoms with Gasteiger partial charge in [0.05, 0.1) is 23.1 Å². The van der Waals surface area contributed by atoms with E-state index in [4.69, 9.17) is 16.3 Å². The summed E-state index contributed by atoms with van der Waals surface area (Å²) < 4.78 is 18.5. The number of ether oxygens (including phenoxy) is 1. The molecule has 0 spiro atoms. The Kier molecular flexibility index (Phi) is 4.80. The second-order valence-electron chi connectivity index (χ2n) is 3.96. The fourth-order valence-electron chi connectivity index (χ4n) is 1.66. The lowest BCUT2D eigenvalue weighted by Crippen LogP contribution is -2.31. The maximum Gasteiger partial charge on any atom is 0.293 e. The average Bonchev–Trinajstić information content (AvgIpc) is 2.67. The molecular weight excluding hydrogens is 305 g/mol. The van der Waals surface area contributed by atoms with Crippen LogP contribution in [0, 0.1) is 5.82 Å². The van der Waals surface area contributed by atoms with Crippen molar-refractivity contribution in [1.29, 1.82) is 0 Å². The molecule has 1 aliphatic rings. The van der Waals surface area contributed by atoms with E-state index in [9.17, 15) is 14.0 Å². The maximum atomic E-state index is 13.7. The van der Waals surface area contributed by atoms with Crippen molar-refractivity contribution in [3.8, 4) is 0 Å². The first-order chi connectivity index (χ1) is 9.54. The van der Waals surface area contributed by atoms with Gasteiger partial charge in [-0.05, 0) is 30.0 Å². The average molecular weight is 316 g/mol. The van der Waals surface area contributed by atoms with Gasteiger partial charge >= 0.3 is 0 Å². The lowest BCUT2D eigenvalue weighted by atomic mass is 10.2. The number of thioether (sulfide) groups is 1. The summed E-state index contributed by atoms with van der Waals surface area (Å²) in [6.45, 7) is 0.426. The summed E-state index contributed by atoms with van der Waals surface area (Å²) in [6, 6.07) is 4.23. The van der Waals surface area contributed by atoms with Gasteiger partial charge in [0.2, 0.25) is 0 Å². The van der Waals surface area contributed by atoms with Crippen molar-refractivity contribution in [3.05, 3.63) is 39.5 Å². The summed E-state index contributed by atoms with van der Waals surface area (Å²) in [5.74, 6) is -1.00. The van der Waals surface area contributed by atoms with Crippen molar-refractivity contribution in [3.63, 3.8) is 0 Å². The number of benzene rings is 1. The predicted molar refractivity (Wildman–Crippen MR) is 76.0 cm³/mol. The first-order valence-corrected chi connectivity index (χ1v) is 6.92. The minimum Gasteiger partial charge on any atom is -0.383 e. The Hall–Kier alpha value is -1.37. The molecule has 0 atom stereocenters. The van der Waals surface area contributed by atoms with E-state index in [-0.39, 0.29) is 28.6 Å². The highest BCUT2D eigenvalue weighted by Gasteiger charge is 2.34. The van der Waals surface area contributed by atoms with E-state index in [1.165, 1.54) is 31.4 Å². The molecule has 0 bridgehead atoms. The molecule has 1 saturated heterocycles. The molecule has 20 heavy (non-hydrogen) atoms. The third-order valence-electron chi connectivity index (χ3n) is 2.67. The van der Waals surface area contributed by atoms with Gasteiger partial charge in [0.15, 0.2) is 0 Å². The number of halogens is 2. The normalized spacial score (nSPS) is 17.4. The van der Waals surface area contributed by atoms with Gasteiger partial charge in [-0.15, -0.1) is 0 Å². The molecule has 0 radical (unpaired) electrons. The summed E-state index contributed by atoms with van der Waals surface area (Å²) in [7, 11) is 1.48. The van der Waals surface area contributed by atoms with E-state index in [1.54, 1.807) is 0 Å². The molecule has 1 fully saturated rings. The van der Waals surface area contributed by atoms with Crippen molar-refractivity contribution in [2.45, 2.75) is 0 Å². The standard InChI is InChI=1S/C13H11ClFNO3S/c1-19-6-5-16-12(17)11(20-13(16)18)7-8-9(14)3-2-4-10(8)15/h2-4,7H,5-6H2,1H3/b11-7+. The summed E-state index contributed by atoms with van der Waals surface area (Å²) in [5, 5.41) is -0.209. The number of imide groups is 1. The number of carbonyl (C=O) groups is 2. The van der Waals surface area contributed by atoms with Gasteiger partial charge in [-0.2, -0.15) is 0 Å². The molecule has 1 aromatic rings. The van der Waals surface area contributed by atoms with Crippen LogP contribution in [-0.4, -0.2) is 36.3 Å². The summed E-state index contributed by atoms with van der Waals surface area (Å²) in [5.41, 5.74) is 0.103. The van der Waals surface area contributed by atoms with E-state index < -0.39 is 17.0 Å². The van der Waals surface area contributed by atoms with Gasteiger partial charge < -0.3 is 4.74 Å². The van der Waals surface area contributed by atoms with Gasteiger partial charge in [-0.1, -0.05) is 17.7 Å². The van der Waals surface area contributed by atoms with Crippen molar-refractivity contribution < 1.29 is 18.7 Å². The van der Waals surface area contributed by atoms with Crippen LogP contribution in [0.3, 0.4) is 0 Å². The first kappa shape index (κ1) is 15.0. The Morgan fingerprint density at radius 1 is 1.45 bits per heavy atom. The zero-order valence-corrected chi connectivity index (χ0v) is 12.1. The molecule has 0 unspecified atom stereocenters. The van der Waals surface area contributed by atoms with Crippen LogP contribution in [0.5, 0.6) is 0 Å². The number of rotatable bonds is 4. The smallest absolute Gasteiger partial charge is 0.293 e. The molecule has 1 aromatic carbocycles. The van der Waals surface area contributed by atoms with Crippen LogP contribution in [0.4, 0.5) is 9.18 Å². The third kappa shape index (κ3) is 3.03. The Balaban J connectivity index is 2.28. The molecule has 0 N–H and O–H groups in total. The number of carbonyl (C=O) groups excluding carboxylic acids is 2. The highest BCUT2D eigenvalue weighted by Crippen LogP contribution is 2.33. The van der Waals surface area contributed by atoms with Crippen LogP contribution in [0.2, 0.25) is 5.02 Å². The number of hydrogen-bond acceptors (Lipinski definition) is 4. The van der Waals surface area contributed by atoms with Crippen molar-refractivity contribution in [2.24, 2.45) is 0 Å². The van der Waals surface area contributed by atoms with Crippen LogP contribution in [0.1, 0.15) is 5.56 Å².